The summed E-state index contributed by atoms with van der Waals surface area (Å²) < 4.78 is 27.7. The Morgan fingerprint density at radius 3 is 2.35 bits per heavy atom. The summed E-state index contributed by atoms with van der Waals surface area (Å²) in [5.74, 6) is -0.238. The predicted molar refractivity (Wildman–Crippen MR) is 104 cm³/mol. The van der Waals surface area contributed by atoms with Crippen molar-refractivity contribution in [1.29, 1.82) is 0 Å². The van der Waals surface area contributed by atoms with E-state index in [1.807, 2.05) is 19.1 Å². The Morgan fingerprint density at radius 1 is 1.00 bits per heavy atom. The highest BCUT2D eigenvalue weighted by Gasteiger charge is 2.22. The van der Waals surface area contributed by atoms with Crippen molar-refractivity contribution in [2.45, 2.75) is 31.9 Å². The fraction of sp³-hybridized carbons (Fsp3) is 0.350. The summed E-state index contributed by atoms with van der Waals surface area (Å²) in [6.07, 6.45) is 3.12. The molecule has 0 saturated carbocycles. The summed E-state index contributed by atoms with van der Waals surface area (Å²) >= 11 is 0. The minimum atomic E-state index is -3.61. The van der Waals surface area contributed by atoms with Crippen LogP contribution in [0.3, 0.4) is 0 Å². The monoisotopic (exact) mass is 372 g/mol. The van der Waals surface area contributed by atoms with Crippen LogP contribution in [0.2, 0.25) is 0 Å². The van der Waals surface area contributed by atoms with Crippen LogP contribution in [0.5, 0.6) is 0 Å². The molecule has 3 rings (SSSR count). The summed E-state index contributed by atoms with van der Waals surface area (Å²) in [5.41, 5.74) is 2.54. The summed E-state index contributed by atoms with van der Waals surface area (Å²) in [4.78, 5) is 14.6. The number of likely N-dealkylation sites (tertiary alicyclic amines) is 1. The third kappa shape index (κ3) is 4.64. The van der Waals surface area contributed by atoms with E-state index in [1.165, 1.54) is 0 Å². The van der Waals surface area contributed by atoms with Crippen LogP contribution in [0.15, 0.2) is 48.5 Å². The van der Waals surface area contributed by atoms with Gasteiger partial charge in [-0.1, -0.05) is 42.0 Å². The van der Waals surface area contributed by atoms with Gasteiger partial charge < -0.3 is 4.90 Å². The van der Waals surface area contributed by atoms with E-state index in [2.05, 4.69) is 4.72 Å². The number of nitrogens with one attached hydrogen (secondary N) is 1. The molecule has 1 amide bonds. The lowest BCUT2D eigenvalue weighted by atomic mass is 10.1. The van der Waals surface area contributed by atoms with E-state index >= 15 is 0 Å². The number of aryl methyl sites for hydroxylation is 1. The molecule has 1 aliphatic rings. The molecule has 2 aromatic carbocycles. The third-order valence-electron chi connectivity index (χ3n) is 4.54. The number of anilines is 1. The summed E-state index contributed by atoms with van der Waals surface area (Å²) in [7, 11) is -3.61. The zero-order chi connectivity index (χ0) is 18.6. The van der Waals surface area contributed by atoms with Crippen LogP contribution >= 0.6 is 0 Å². The molecule has 0 atom stereocenters. The molecule has 0 radical (unpaired) electrons. The van der Waals surface area contributed by atoms with Crippen molar-refractivity contribution in [2.24, 2.45) is 0 Å². The van der Waals surface area contributed by atoms with Crippen molar-refractivity contribution < 1.29 is 13.2 Å². The largest absolute Gasteiger partial charge is 0.339 e. The van der Waals surface area contributed by atoms with Crippen molar-refractivity contribution in [3.05, 3.63) is 65.2 Å². The molecule has 6 heteroatoms. The minimum Gasteiger partial charge on any atom is -0.339 e. The zero-order valence-electron chi connectivity index (χ0n) is 14.9. The first-order valence-corrected chi connectivity index (χ1v) is 10.5. The molecular weight excluding hydrogens is 348 g/mol. The predicted octanol–water partition coefficient (Wildman–Crippen LogP) is 3.56. The highest BCUT2D eigenvalue weighted by molar-refractivity contribution is 7.91. The molecule has 26 heavy (non-hydrogen) atoms. The van der Waals surface area contributed by atoms with Crippen LogP contribution in [-0.2, 0) is 15.8 Å². The molecule has 138 valence electrons. The first-order chi connectivity index (χ1) is 12.4. The van der Waals surface area contributed by atoms with Gasteiger partial charge in [-0.15, -0.1) is 0 Å². The van der Waals surface area contributed by atoms with Crippen molar-refractivity contribution in [2.75, 3.05) is 17.8 Å². The highest BCUT2D eigenvalue weighted by atomic mass is 32.2. The number of benzene rings is 2. The van der Waals surface area contributed by atoms with Crippen molar-refractivity contribution in [3.8, 4) is 0 Å². The maximum Gasteiger partial charge on any atom is 0.255 e. The number of piperidine rings is 1. The summed E-state index contributed by atoms with van der Waals surface area (Å²) in [6.45, 7) is 3.41. The molecule has 2 aromatic rings. The van der Waals surface area contributed by atoms with Gasteiger partial charge in [-0.05, 0) is 43.9 Å². The van der Waals surface area contributed by atoms with Gasteiger partial charge in [0, 0.05) is 13.1 Å². The molecule has 1 saturated heterocycles. The highest BCUT2D eigenvalue weighted by Crippen LogP contribution is 2.22. The van der Waals surface area contributed by atoms with E-state index in [0.29, 0.717) is 16.8 Å². The smallest absolute Gasteiger partial charge is 0.255 e. The van der Waals surface area contributed by atoms with Gasteiger partial charge in [0.25, 0.3) is 5.91 Å². The van der Waals surface area contributed by atoms with Crippen LogP contribution in [0.4, 0.5) is 5.69 Å². The van der Waals surface area contributed by atoms with Gasteiger partial charge in [-0.3, -0.25) is 9.52 Å². The number of para-hydroxylation sites is 1. The second-order valence-corrected chi connectivity index (χ2v) is 8.47. The first-order valence-electron chi connectivity index (χ1n) is 8.89. The second kappa shape index (κ2) is 7.91. The average molecular weight is 372 g/mol. The number of amides is 1. The Kier molecular flexibility index (Phi) is 5.61. The van der Waals surface area contributed by atoms with E-state index in [0.717, 1.165) is 37.9 Å². The molecule has 1 fully saturated rings. The summed E-state index contributed by atoms with van der Waals surface area (Å²) in [5, 5.41) is 0. The van der Waals surface area contributed by atoms with Crippen LogP contribution < -0.4 is 4.72 Å². The van der Waals surface area contributed by atoms with Gasteiger partial charge in [0.1, 0.15) is 0 Å². The Bertz CT molecular complexity index is 870. The van der Waals surface area contributed by atoms with Crippen LogP contribution in [0, 0.1) is 6.92 Å². The number of sulfonamides is 1. The van der Waals surface area contributed by atoms with Gasteiger partial charge in [0.05, 0.1) is 17.0 Å². The van der Waals surface area contributed by atoms with E-state index in [4.69, 9.17) is 0 Å². The van der Waals surface area contributed by atoms with Crippen molar-refractivity contribution in [3.63, 3.8) is 0 Å². The van der Waals surface area contributed by atoms with E-state index in [1.54, 1.807) is 41.3 Å². The van der Waals surface area contributed by atoms with Gasteiger partial charge in [-0.2, -0.15) is 0 Å². The average Bonchev–Trinajstić information content (AvgIpc) is 2.64. The minimum absolute atomic E-state index is 0.113. The van der Waals surface area contributed by atoms with Gasteiger partial charge in [0.2, 0.25) is 10.0 Å². The standard InChI is InChI=1S/C20H24N2O3S/c1-16-9-11-17(12-10-16)15-26(24,25)21-19-8-4-3-7-18(19)20(23)22-13-5-2-6-14-22/h3-4,7-12,21H,2,5-6,13-15H2,1H3. The normalized spacial score (nSPS) is 14.9. The number of carbonyl (C=O) groups excluding carboxylic acids is 1. The van der Waals surface area contributed by atoms with E-state index in [-0.39, 0.29) is 11.7 Å². The zero-order valence-corrected chi connectivity index (χ0v) is 15.8. The Labute approximate surface area is 155 Å². The SMILES string of the molecule is Cc1ccc(CS(=O)(=O)Nc2ccccc2C(=O)N2CCCCC2)cc1. The fourth-order valence-electron chi connectivity index (χ4n) is 3.13. The number of hydrogen-bond acceptors (Lipinski definition) is 3. The topological polar surface area (TPSA) is 66.5 Å². The first kappa shape index (κ1) is 18.5. The van der Waals surface area contributed by atoms with Crippen molar-refractivity contribution in [1.82, 2.24) is 4.90 Å². The van der Waals surface area contributed by atoms with E-state index in [9.17, 15) is 13.2 Å². The maximum atomic E-state index is 12.8. The van der Waals surface area contributed by atoms with Gasteiger partial charge >= 0.3 is 0 Å². The van der Waals surface area contributed by atoms with Crippen molar-refractivity contribution >= 4 is 21.6 Å². The van der Waals surface area contributed by atoms with E-state index < -0.39 is 10.0 Å². The molecule has 1 aliphatic heterocycles. The number of nitrogens with zero attached hydrogens (tertiary/aromatic N) is 1. The molecule has 5 nitrogen and oxygen atoms in total. The molecule has 0 spiro atoms. The molecule has 0 bridgehead atoms. The molecular formula is C20H24N2O3S. The van der Waals surface area contributed by atoms with Crippen LogP contribution in [0.25, 0.3) is 0 Å². The maximum absolute atomic E-state index is 12.8. The third-order valence-corrected chi connectivity index (χ3v) is 5.79. The Morgan fingerprint density at radius 2 is 1.65 bits per heavy atom. The van der Waals surface area contributed by atoms with Crippen LogP contribution in [-0.4, -0.2) is 32.3 Å². The second-order valence-electron chi connectivity index (χ2n) is 6.75. The quantitative estimate of drug-likeness (QED) is 0.873. The number of hydrogen-bond donors (Lipinski definition) is 1. The molecule has 0 aromatic heterocycles. The summed E-state index contributed by atoms with van der Waals surface area (Å²) in [6, 6.07) is 14.2. The number of carbonyl (C=O) groups is 1. The lowest BCUT2D eigenvalue weighted by molar-refractivity contribution is 0.0725. The fourth-order valence-corrected chi connectivity index (χ4v) is 4.35. The lowest BCUT2D eigenvalue weighted by Gasteiger charge is -2.27. The Hall–Kier alpha value is -2.34. The number of rotatable bonds is 5. The van der Waals surface area contributed by atoms with Gasteiger partial charge in [-0.25, -0.2) is 8.42 Å². The molecule has 1 heterocycles. The lowest BCUT2D eigenvalue weighted by Crippen LogP contribution is -2.36. The molecule has 1 N–H and O–H groups in total. The molecule has 0 aliphatic carbocycles. The van der Waals surface area contributed by atoms with Gasteiger partial charge in [0.15, 0.2) is 0 Å². The van der Waals surface area contributed by atoms with Crippen LogP contribution in [0.1, 0.15) is 40.7 Å². The Balaban J connectivity index is 1.78. The molecule has 0 unspecified atom stereocenters.